The van der Waals surface area contributed by atoms with Gasteiger partial charge in [-0.25, -0.2) is 4.98 Å². The Labute approximate surface area is 87.1 Å². The maximum atomic E-state index is 11.2. The summed E-state index contributed by atoms with van der Waals surface area (Å²) in [6.07, 6.45) is 1.61. The molecular formula is C9H10ClN3O. The first-order valence-corrected chi connectivity index (χ1v) is 3.96. The van der Waals surface area contributed by atoms with Gasteiger partial charge in [0.15, 0.2) is 0 Å². The van der Waals surface area contributed by atoms with Crippen LogP contribution in [-0.4, -0.2) is 22.9 Å². The fraction of sp³-hybridized carbons (Fsp3) is 0.111. The summed E-state index contributed by atoms with van der Waals surface area (Å²) < 4.78 is 0. The topological polar surface area (TPSA) is 57.8 Å². The molecule has 74 valence electrons. The van der Waals surface area contributed by atoms with Gasteiger partial charge in [0.1, 0.15) is 0 Å². The molecule has 4 nitrogen and oxygen atoms in total. The lowest BCUT2D eigenvalue weighted by Gasteiger charge is -1.97. The number of benzene rings is 1. The molecular weight excluding hydrogens is 202 g/mol. The largest absolute Gasteiger partial charge is 0.355 e. The highest BCUT2D eigenvalue weighted by molar-refractivity contribution is 5.97. The van der Waals surface area contributed by atoms with Crippen molar-refractivity contribution in [3.8, 4) is 0 Å². The minimum absolute atomic E-state index is 0. The molecule has 0 saturated carbocycles. The van der Waals surface area contributed by atoms with Crippen molar-refractivity contribution in [1.29, 1.82) is 0 Å². The Bertz CT molecular complexity index is 452. The van der Waals surface area contributed by atoms with Crippen LogP contribution in [0.5, 0.6) is 0 Å². The summed E-state index contributed by atoms with van der Waals surface area (Å²) in [6.45, 7) is 0. The number of hydrogen-bond acceptors (Lipinski definition) is 2. The van der Waals surface area contributed by atoms with E-state index < -0.39 is 0 Å². The standard InChI is InChI=1S/C9H9N3O.ClH/c1-10-9(13)6-2-3-7-8(4-6)12-5-11-7;/h2-5H,1H3,(H,10,13)(H,11,12);1H. The molecule has 0 fully saturated rings. The number of fused-ring (bicyclic) bond motifs is 1. The fourth-order valence-electron chi connectivity index (χ4n) is 1.22. The molecule has 0 spiro atoms. The van der Waals surface area contributed by atoms with Crippen LogP contribution >= 0.6 is 12.4 Å². The van der Waals surface area contributed by atoms with E-state index in [1.807, 2.05) is 6.07 Å². The van der Waals surface area contributed by atoms with Gasteiger partial charge in [-0.05, 0) is 18.2 Å². The minimum atomic E-state index is -0.0927. The van der Waals surface area contributed by atoms with Gasteiger partial charge in [0.05, 0.1) is 17.4 Å². The smallest absolute Gasteiger partial charge is 0.251 e. The van der Waals surface area contributed by atoms with Crippen molar-refractivity contribution in [2.24, 2.45) is 0 Å². The zero-order valence-electron chi connectivity index (χ0n) is 7.57. The molecule has 1 heterocycles. The molecule has 0 aliphatic carbocycles. The summed E-state index contributed by atoms with van der Waals surface area (Å²) in [6, 6.07) is 5.36. The van der Waals surface area contributed by atoms with Crippen LogP contribution in [0.1, 0.15) is 10.4 Å². The second-order valence-electron chi connectivity index (χ2n) is 2.71. The highest BCUT2D eigenvalue weighted by atomic mass is 35.5. The quantitative estimate of drug-likeness (QED) is 0.748. The zero-order valence-corrected chi connectivity index (χ0v) is 8.39. The number of nitrogens with one attached hydrogen (secondary N) is 2. The third-order valence-electron chi connectivity index (χ3n) is 1.91. The van der Waals surface area contributed by atoms with Gasteiger partial charge in [0, 0.05) is 12.6 Å². The van der Waals surface area contributed by atoms with E-state index in [-0.39, 0.29) is 18.3 Å². The van der Waals surface area contributed by atoms with E-state index >= 15 is 0 Å². The number of imidazole rings is 1. The Morgan fingerprint density at radius 1 is 1.50 bits per heavy atom. The molecule has 1 aromatic carbocycles. The molecule has 1 aromatic heterocycles. The van der Waals surface area contributed by atoms with E-state index in [4.69, 9.17) is 0 Å². The van der Waals surface area contributed by atoms with E-state index in [9.17, 15) is 4.79 Å². The Morgan fingerprint density at radius 3 is 3.00 bits per heavy atom. The molecule has 0 radical (unpaired) electrons. The van der Waals surface area contributed by atoms with Crippen molar-refractivity contribution < 1.29 is 4.79 Å². The fourth-order valence-corrected chi connectivity index (χ4v) is 1.22. The lowest BCUT2D eigenvalue weighted by Crippen LogP contribution is -2.17. The third-order valence-corrected chi connectivity index (χ3v) is 1.91. The van der Waals surface area contributed by atoms with Crippen LogP contribution in [0.4, 0.5) is 0 Å². The molecule has 2 aromatic rings. The number of amides is 1. The number of rotatable bonds is 1. The summed E-state index contributed by atoms with van der Waals surface area (Å²) >= 11 is 0. The number of nitrogens with zero attached hydrogens (tertiary/aromatic N) is 1. The van der Waals surface area contributed by atoms with E-state index in [1.165, 1.54) is 0 Å². The van der Waals surface area contributed by atoms with Crippen molar-refractivity contribution in [3.63, 3.8) is 0 Å². The number of hydrogen-bond donors (Lipinski definition) is 2. The van der Waals surface area contributed by atoms with Crippen LogP contribution in [0, 0.1) is 0 Å². The van der Waals surface area contributed by atoms with Crippen LogP contribution in [0.25, 0.3) is 11.0 Å². The van der Waals surface area contributed by atoms with Gasteiger partial charge in [-0.2, -0.15) is 0 Å². The summed E-state index contributed by atoms with van der Waals surface area (Å²) in [5.74, 6) is -0.0927. The number of carbonyl (C=O) groups excluding carboxylic acids is 1. The second-order valence-corrected chi connectivity index (χ2v) is 2.71. The third kappa shape index (κ3) is 1.70. The number of aromatic nitrogens is 2. The van der Waals surface area contributed by atoms with Crippen molar-refractivity contribution >= 4 is 29.3 Å². The number of H-pyrrole nitrogens is 1. The summed E-state index contributed by atoms with van der Waals surface area (Å²) in [5.41, 5.74) is 2.37. The molecule has 0 unspecified atom stereocenters. The molecule has 5 heteroatoms. The lowest BCUT2D eigenvalue weighted by molar-refractivity contribution is 0.0963. The van der Waals surface area contributed by atoms with Gasteiger partial charge < -0.3 is 10.3 Å². The average Bonchev–Trinajstić information content (AvgIpc) is 2.63. The Balaban J connectivity index is 0.000000980. The SMILES string of the molecule is CNC(=O)c1ccc2[nH]cnc2c1.Cl. The first kappa shape index (κ1) is 10.5. The van der Waals surface area contributed by atoms with Gasteiger partial charge >= 0.3 is 0 Å². The van der Waals surface area contributed by atoms with Crippen LogP contribution in [-0.2, 0) is 0 Å². The van der Waals surface area contributed by atoms with E-state index in [0.29, 0.717) is 5.56 Å². The van der Waals surface area contributed by atoms with Crippen LogP contribution in [0.3, 0.4) is 0 Å². The molecule has 0 aliphatic heterocycles. The maximum absolute atomic E-state index is 11.2. The predicted molar refractivity (Wildman–Crippen MR) is 56.7 cm³/mol. The highest BCUT2D eigenvalue weighted by Crippen LogP contribution is 2.10. The summed E-state index contributed by atoms with van der Waals surface area (Å²) in [5, 5.41) is 2.56. The Kier molecular flexibility index (Phi) is 3.09. The summed E-state index contributed by atoms with van der Waals surface area (Å²) in [4.78, 5) is 18.3. The molecule has 0 bridgehead atoms. The molecule has 2 rings (SSSR count). The normalized spacial score (nSPS) is 9.50. The van der Waals surface area contributed by atoms with Crippen LogP contribution < -0.4 is 5.32 Å². The second kappa shape index (κ2) is 4.11. The van der Waals surface area contributed by atoms with Gasteiger partial charge in [0.25, 0.3) is 5.91 Å². The minimum Gasteiger partial charge on any atom is -0.355 e. The Hall–Kier alpha value is -1.55. The number of carbonyl (C=O) groups is 1. The molecule has 2 N–H and O–H groups in total. The monoisotopic (exact) mass is 211 g/mol. The van der Waals surface area contributed by atoms with Crippen molar-refractivity contribution in [1.82, 2.24) is 15.3 Å². The van der Waals surface area contributed by atoms with Crippen molar-refractivity contribution in [2.75, 3.05) is 7.05 Å². The van der Waals surface area contributed by atoms with Gasteiger partial charge in [-0.3, -0.25) is 4.79 Å². The van der Waals surface area contributed by atoms with E-state index in [2.05, 4.69) is 15.3 Å². The molecule has 14 heavy (non-hydrogen) atoms. The number of halogens is 1. The molecule has 1 amide bonds. The van der Waals surface area contributed by atoms with Gasteiger partial charge in [-0.1, -0.05) is 0 Å². The summed E-state index contributed by atoms with van der Waals surface area (Å²) in [7, 11) is 1.61. The first-order valence-electron chi connectivity index (χ1n) is 3.96. The number of aromatic amines is 1. The molecule has 0 aliphatic rings. The lowest BCUT2D eigenvalue weighted by atomic mass is 10.2. The van der Waals surface area contributed by atoms with E-state index in [0.717, 1.165) is 11.0 Å². The zero-order chi connectivity index (χ0) is 9.26. The van der Waals surface area contributed by atoms with Crippen LogP contribution in [0.2, 0.25) is 0 Å². The van der Waals surface area contributed by atoms with Gasteiger partial charge in [-0.15, -0.1) is 12.4 Å². The first-order chi connectivity index (χ1) is 6.31. The average molecular weight is 212 g/mol. The maximum Gasteiger partial charge on any atom is 0.251 e. The molecule has 0 atom stereocenters. The Morgan fingerprint density at radius 2 is 2.29 bits per heavy atom. The van der Waals surface area contributed by atoms with Gasteiger partial charge in [0.2, 0.25) is 0 Å². The van der Waals surface area contributed by atoms with Crippen molar-refractivity contribution in [2.45, 2.75) is 0 Å². The highest BCUT2D eigenvalue weighted by Gasteiger charge is 2.04. The van der Waals surface area contributed by atoms with E-state index in [1.54, 1.807) is 25.5 Å². The molecule has 0 saturated heterocycles. The predicted octanol–water partition coefficient (Wildman–Crippen LogP) is 1.34. The van der Waals surface area contributed by atoms with Crippen LogP contribution in [0.15, 0.2) is 24.5 Å². The van der Waals surface area contributed by atoms with Crippen molar-refractivity contribution in [3.05, 3.63) is 30.1 Å².